The van der Waals surface area contributed by atoms with Gasteiger partial charge in [0.1, 0.15) is 11.5 Å². The minimum Gasteiger partial charge on any atom is -0.463 e. The first-order valence-electron chi connectivity index (χ1n) is 8.60. The predicted octanol–water partition coefficient (Wildman–Crippen LogP) is 2.45. The second-order valence-corrected chi connectivity index (χ2v) is 6.42. The van der Waals surface area contributed by atoms with Gasteiger partial charge in [0.15, 0.2) is 0 Å². The Morgan fingerprint density at radius 1 is 1.14 bits per heavy atom. The van der Waals surface area contributed by atoms with Crippen LogP contribution in [-0.4, -0.2) is 48.6 Å². The van der Waals surface area contributed by atoms with Gasteiger partial charge in [-0.3, -0.25) is 9.80 Å². The van der Waals surface area contributed by atoms with Gasteiger partial charge in [-0.2, -0.15) is 0 Å². The van der Waals surface area contributed by atoms with Crippen LogP contribution in [0.15, 0.2) is 16.5 Å². The Hall–Kier alpha value is -0.840. The van der Waals surface area contributed by atoms with Crippen molar-refractivity contribution in [1.29, 1.82) is 0 Å². The maximum absolute atomic E-state index is 5.91. The molecule has 0 bridgehead atoms. The molecule has 1 aromatic heterocycles. The summed E-state index contributed by atoms with van der Waals surface area (Å²) >= 11 is 0. The summed E-state index contributed by atoms with van der Waals surface area (Å²) < 4.78 is 5.91. The zero-order valence-corrected chi connectivity index (χ0v) is 13.3. The average Bonchev–Trinajstić information content (AvgIpc) is 3.16. The lowest BCUT2D eigenvalue weighted by atomic mass is 10.1. The number of hydrogen-bond acceptors (Lipinski definition) is 4. The van der Waals surface area contributed by atoms with Gasteiger partial charge in [0.25, 0.3) is 0 Å². The number of piperidine rings is 1. The predicted molar refractivity (Wildman–Crippen MR) is 85.2 cm³/mol. The number of hydrogen-bond donors (Lipinski definition) is 1. The molecular weight excluding hydrogens is 262 g/mol. The van der Waals surface area contributed by atoms with Gasteiger partial charge in [-0.15, -0.1) is 0 Å². The van der Waals surface area contributed by atoms with Crippen LogP contribution in [-0.2, 0) is 13.1 Å². The van der Waals surface area contributed by atoms with Gasteiger partial charge in [-0.1, -0.05) is 13.3 Å². The molecule has 2 aliphatic rings. The molecule has 1 N–H and O–H groups in total. The van der Waals surface area contributed by atoms with Crippen LogP contribution in [0.25, 0.3) is 0 Å². The molecule has 4 heteroatoms. The summed E-state index contributed by atoms with van der Waals surface area (Å²) in [6, 6.07) is 5.03. The largest absolute Gasteiger partial charge is 0.463 e. The van der Waals surface area contributed by atoms with Crippen molar-refractivity contribution in [2.45, 2.75) is 51.7 Å². The van der Waals surface area contributed by atoms with E-state index in [1.54, 1.807) is 0 Å². The molecule has 0 radical (unpaired) electrons. The number of nitrogens with one attached hydrogen (secondary N) is 1. The van der Waals surface area contributed by atoms with Gasteiger partial charge in [0.05, 0.1) is 13.1 Å². The third kappa shape index (κ3) is 4.09. The van der Waals surface area contributed by atoms with Gasteiger partial charge in [0.2, 0.25) is 0 Å². The third-order valence-electron chi connectivity index (χ3n) is 4.80. The smallest absolute Gasteiger partial charge is 0.118 e. The lowest BCUT2D eigenvalue weighted by molar-refractivity contribution is 0.159. The van der Waals surface area contributed by atoms with Crippen molar-refractivity contribution in [2.24, 2.45) is 0 Å². The fraction of sp³-hybridized carbons (Fsp3) is 0.765. The van der Waals surface area contributed by atoms with Crippen LogP contribution in [0.5, 0.6) is 0 Å². The molecule has 1 unspecified atom stereocenters. The van der Waals surface area contributed by atoms with E-state index in [1.807, 2.05) is 0 Å². The Bertz CT molecular complexity index is 425. The summed E-state index contributed by atoms with van der Waals surface area (Å²) in [6.07, 6.45) is 5.53. The molecule has 3 rings (SSSR count). The highest BCUT2D eigenvalue weighted by molar-refractivity contribution is 5.07. The molecule has 2 aliphatic heterocycles. The first-order valence-corrected chi connectivity index (χ1v) is 8.60. The fourth-order valence-corrected chi connectivity index (χ4v) is 3.61. The summed E-state index contributed by atoms with van der Waals surface area (Å²) in [7, 11) is 0. The van der Waals surface area contributed by atoms with E-state index in [-0.39, 0.29) is 0 Å². The highest BCUT2D eigenvalue weighted by Crippen LogP contribution is 2.22. The van der Waals surface area contributed by atoms with Crippen LogP contribution in [0.1, 0.15) is 44.1 Å². The van der Waals surface area contributed by atoms with Gasteiger partial charge in [-0.05, 0) is 51.0 Å². The molecule has 2 fully saturated rings. The Balaban J connectivity index is 1.46. The first-order chi connectivity index (χ1) is 10.3. The summed E-state index contributed by atoms with van der Waals surface area (Å²) in [5.41, 5.74) is 0. The van der Waals surface area contributed by atoms with Crippen molar-refractivity contribution in [3.8, 4) is 0 Å². The molecule has 1 aromatic rings. The number of furan rings is 1. The van der Waals surface area contributed by atoms with Crippen molar-refractivity contribution >= 4 is 0 Å². The molecule has 4 nitrogen and oxygen atoms in total. The number of likely N-dealkylation sites (tertiary alicyclic amines) is 2. The molecule has 2 saturated heterocycles. The second kappa shape index (κ2) is 7.43. The molecule has 0 aliphatic carbocycles. The first kappa shape index (κ1) is 15.1. The van der Waals surface area contributed by atoms with Crippen LogP contribution in [0.2, 0.25) is 0 Å². The van der Waals surface area contributed by atoms with E-state index < -0.39 is 0 Å². The van der Waals surface area contributed by atoms with Crippen LogP contribution in [0.3, 0.4) is 0 Å². The zero-order chi connectivity index (χ0) is 14.5. The summed E-state index contributed by atoms with van der Waals surface area (Å²) in [6.45, 7) is 9.96. The molecule has 0 saturated carbocycles. The second-order valence-electron chi connectivity index (χ2n) is 6.42. The van der Waals surface area contributed by atoms with Gasteiger partial charge in [0, 0.05) is 19.1 Å². The Labute approximate surface area is 128 Å². The zero-order valence-electron chi connectivity index (χ0n) is 13.3. The molecule has 0 spiro atoms. The van der Waals surface area contributed by atoms with E-state index in [1.165, 1.54) is 51.9 Å². The van der Waals surface area contributed by atoms with Crippen molar-refractivity contribution in [3.05, 3.63) is 23.7 Å². The molecule has 0 amide bonds. The SMILES string of the molecule is CCNCc1ccc(CN2CCC(N3CCCCC3)C2)o1. The van der Waals surface area contributed by atoms with Crippen molar-refractivity contribution < 1.29 is 4.42 Å². The van der Waals surface area contributed by atoms with Crippen molar-refractivity contribution in [3.63, 3.8) is 0 Å². The molecule has 0 aromatic carbocycles. The van der Waals surface area contributed by atoms with Gasteiger partial charge >= 0.3 is 0 Å². The average molecular weight is 291 g/mol. The van der Waals surface area contributed by atoms with Crippen LogP contribution in [0, 0.1) is 0 Å². The Morgan fingerprint density at radius 2 is 1.95 bits per heavy atom. The Kier molecular flexibility index (Phi) is 5.33. The van der Waals surface area contributed by atoms with Crippen molar-refractivity contribution in [1.82, 2.24) is 15.1 Å². The summed E-state index contributed by atoms with van der Waals surface area (Å²) in [5.74, 6) is 2.17. The van der Waals surface area contributed by atoms with Gasteiger partial charge < -0.3 is 9.73 Å². The van der Waals surface area contributed by atoms with E-state index in [9.17, 15) is 0 Å². The highest BCUT2D eigenvalue weighted by Gasteiger charge is 2.28. The van der Waals surface area contributed by atoms with Crippen LogP contribution in [0.4, 0.5) is 0 Å². The minimum absolute atomic E-state index is 0.779. The normalized spacial score (nSPS) is 24.7. The standard InChI is InChI=1S/C17H29N3O/c1-2-18-12-16-6-7-17(21-16)14-19-11-8-15(13-19)20-9-4-3-5-10-20/h6-7,15,18H,2-5,8-14H2,1H3. The molecular formula is C17H29N3O. The summed E-state index contributed by atoms with van der Waals surface area (Å²) in [5, 5.41) is 3.31. The number of nitrogens with zero attached hydrogens (tertiary/aromatic N) is 2. The van der Waals surface area contributed by atoms with E-state index in [0.717, 1.165) is 37.2 Å². The fourth-order valence-electron chi connectivity index (χ4n) is 3.61. The van der Waals surface area contributed by atoms with E-state index in [2.05, 4.69) is 34.2 Å². The van der Waals surface area contributed by atoms with E-state index >= 15 is 0 Å². The lowest BCUT2D eigenvalue weighted by Gasteiger charge is -2.32. The monoisotopic (exact) mass is 291 g/mol. The Morgan fingerprint density at radius 3 is 2.76 bits per heavy atom. The molecule has 118 valence electrons. The summed E-state index contributed by atoms with van der Waals surface area (Å²) in [4.78, 5) is 5.26. The van der Waals surface area contributed by atoms with E-state index in [4.69, 9.17) is 4.42 Å². The third-order valence-corrected chi connectivity index (χ3v) is 4.80. The van der Waals surface area contributed by atoms with Crippen LogP contribution >= 0.6 is 0 Å². The maximum Gasteiger partial charge on any atom is 0.118 e. The van der Waals surface area contributed by atoms with Crippen molar-refractivity contribution in [2.75, 3.05) is 32.7 Å². The maximum atomic E-state index is 5.91. The van der Waals surface area contributed by atoms with Gasteiger partial charge in [-0.25, -0.2) is 0 Å². The number of rotatable bonds is 6. The molecule has 1 atom stereocenters. The molecule has 21 heavy (non-hydrogen) atoms. The minimum atomic E-state index is 0.779. The topological polar surface area (TPSA) is 31.6 Å². The van der Waals surface area contributed by atoms with Crippen LogP contribution < -0.4 is 5.32 Å². The van der Waals surface area contributed by atoms with E-state index in [0.29, 0.717) is 0 Å². The highest BCUT2D eigenvalue weighted by atomic mass is 16.3. The molecule has 3 heterocycles. The lowest BCUT2D eigenvalue weighted by Crippen LogP contribution is -2.40. The quantitative estimate of drug-likeness (QED) is 0.872.